The van der Waals surface area contributed by atoms with Gasteiger partial charge in [-0.25, -0.2) is 4.98 Å². The molecule has 210 valence electrons. The molecule has 0 spiro atoms. The molecule has 0 fully saturated rings. The molecule has 0 aliphatic rings. The highest BCUT2D eigenvalue weighted by Gasteiger charge is 2.34. The fourth-order valence-corrected chi connectivity index (χ4v) is 4.75. The summed E-state index contributed by atoms with van der Waals surface area (Å²) in [6.45, 7) is 6.14. The van der Waals surface area contributed by atoms with E-state index in [-0.39, 0.29) is 23.6 Å². The van der Waals surface area contributed by atoms with Crippen LogP contribution in [0.2, 0.25) is 0 Å². The van der Waals surface area contributed by atoms with E-state index in [1.165, 1.54) is 28.7 Å². The number of fused-ring (bicyclic) bond motifs is 1. The topological polar surface area (TPSA) is 64.4 Å². The number of hydrogen-bond donors (Lipinski definition) is 0. The molecule has 1 amide bonds. The van der Waals surface area contributed by atoms with Gasteiger partial charge in [-0.3, -0.25) is 14.2 Å². The van der Waals surface area contributed by atoms with Gasteiger partial charge in [-0.05, 0) is 61.2 Å². The Labute approximate surface area is 231 Å². The van der Waals surface area contributed by atoms with Gasteiger partial charge in [-0.2, -0.15) is 13.2 Å². The van der Waals surface area contributed by atoms with E-state index in [0.29, 0.717) is 41.0 Å². The van der Waals surface area contributed by atoms with Gasteiger partial charge < -0.3 is 9.64 Å². The molecule has 1 atom stereocenters. The van der Waals surface area contributed by atoms with Crippen LogP contribution in [-0.4, -0.2) is 34.0 Å². The zero-order chi connectivity index (χ0) is 29.0. The number of ether oxygens (including phenoxy) is 1. The number of methoxy groups -OCH3 is 1. The van der Waals surface area contributed by atoms with Crippen LogP contribution in [0.1, 0.15) is 61.4 Å². The molecule has 1 unspecified atom stereocenters. The molecule has 40 heavy (non-hydrogen) atoms. The lowest BCUT2D eigenvalue weighted by atomic mass is 10.0. The molecule has 0 bridgehead atoms. The maximum Gasteiger partial charge on any atom is 0.416 e. The number of benzene rings is 3. The number of nitrogens with zero attached hydrogens (tertiary/aromatic N) is 3. The lowest BCUT2D eigenvalue weighted by Gasteiger charge is -2.33. The van der Waals surface area contributed by atoms with E-state index in [9.17, 15) is 22.8 Å². The monoisotopic (exact) mass is 551 g/mol. The third-order valence-electron chi connectivity index (χ3n) is 6.83. The van der Waals surface area contributed by atoms with Crippen LogP contribution in [0, 0.1) is 5.92 Å². The third kappa shape index (κ3) is 5.88. The quantitative estimate of drug-likeness (QED) is 0.224. The molecule has 9 heteroatoms. The van der Waals surface area contributed by atoms with Crippen LogP contribution in [0.3, 0.4) is 0 Å². The maximum atomic E-state index is 14.0. The second-order valence-corrected chi connectivity index (χ2v) is 9.98. The van der Waals surface area contributed by atoms with Gasteiger partial charge in [0.25, 0.3) is 11.5 Å². The molecule has 4 rings (SSSR count). The molecule has 0 saturated heterocycles. The molecule has 4 aromatic rings. The lowest BCUT2D eigenvalue weighted by molar-refractivity contribution is -0.137. The van der Waals surface area contributed by atoms with Gasteiger partial charge in [0.05, 0.1) is 35.3 Å². The Bertz CT molecular complexity index is 1560. The van der Waals surface area contributed by atoms with E-state index in [2.05, 4.69) is 0 Å². The molecular formula is C31H32F3N3O3. The Morgan fingerprint density at radius 1 is 1.02 bits per heavy atom. The number of hydrogen-bond acceptors (Lipinski definition) is 4. The summed E-state index contributed by atoms with van der Waals surface area (Å²) in [4.78, 5) is 34.3. The Hall–Kier alpha value is -4.14. The van der Waals surface area contributed by atoms with Crippen LogP contribution in [-0.2, 0) is 6.18 Å². The van der Waals surface area contributed by atoms with Crippen LogP contribution >= 0.6 is 0 Å². The summed E-state index contributed by atoms with van der Waals surface area (Å²) in [6.07, 6.45) is -3.62. The van der Waals surface area contributed by atoms with Crippen molar-refractivity contribution in [3.05, 3.63) is 100 Å². The van der Waals surface area contributed by atoms with Gasteiger partial charge in [-0.15, -0.1) is 0 Å². The third-order valence-corrected chi connectivity index (χ3v) is 6.83. The Kier molecular flexibility index (Phi) is 8.61. The van der Waals surface area contributed by atoms with Crippen LogP contribution in [0.4, 0.5) is 13.2 Å². The minimum atomic E-state index is -4.59. The summed E-state index contributed by atoms with van der Waals surface area (Å²) in [5.74, 6) is 0.401. The number of carbonyl (C=O) groups excluding carboxylic acids is 1. The highest BCUT2D eigenvalue weighted by molar-refractivity contribution is 5.94. The van der Waals surface area contributed by atoms with Crippen molar-refractivity contribution < 1.29 is 22.7 Å². The van der Waals surface area contributed by atoms with Gasteiger partial charge >= 0.3 is 6.18 Å². The second-order valence-electron chi connectivity index (χ2n) is 9.98. The average molecular weight is 552 g/mol. The SMILES string of the molecule is CCC(c1nc2ccccc2c(=O)n1-c1ccccc1OC)N(CCC(C)C)C(=O)c1cccc(C(F)(F)F)c1. The van der Waals surface area contributed by atoms with E-state index in [1.54, 1.807) is 48.5 Å². The van der Waals surface area contributed by atoms with Gasteiger partial charge in [-0.1, -0.05) is 51.1 Å². The lowest BCUT2D eigenvalue weighted by Crippen LogP contribution is -2.39. The summed E-state index contributed by atoms with van der Waals surface area (Å²) in [5, 5.41) is 0.393. The summed E-state index contributed by atoms with van der Waals surface area (Å²) in [5.41, 5.74) is -0.396. The predicted octanol–water partition coefficient (Wildman–Crippen LogP) is 7.05. The smallest absolute Gasteiger partial charge is 0.416 e. The molecule has 1 aromatic heterocycles. The molecule has 0 saturated carbocycles. The minimum Gasteiger partial charge on any atom is -0.495 e. The first kappa shape index (κ1) is 28.9. The van der Waals surface area contributed by atoms with E-state index in [1.807, 2.05) is 20.8 Å². The van der Waals surface area contributed by atoms with Gasteiger partial charge in [0.15, 0.2) is 0 Å². The first-order chi connectivity index (χ1) is 19.1. The van der Waals surface area contributed by atoms with Crippen molar-refractivity contribution in [2.24, 2.45) is 5.92 Å². The Morgan fingerprint density at radius 3 is 2.40 bits per heavy atom. The van der Waals surface area contributed by atoms with E-state index >= 15 is 0 Å². The van der Waals surface area contributed by atoms with E-state index in [4.69, 9.17) is 9.72 Å². The number of aromatic nitrogens is 2. The number of carbonyl (C=O) groups is 1. The molecule has 1 heterocycles. The molecule has 3 aromatic carbocycles. The largest absolute Gasteiger partial charge is 0.495 e. The minimum absolute atomic E-state index is 0.0796. The van der Waals surface area contributed by atoms with Crippen LogP contribution < -0.4 is 10.3 Å². The Morgan fingerprint density at radius 2 is 1.73 bits per heavy atom. The molecular weight excluding hydrogens is 519 g/mol. The van der Waals surface area contributed by atoms with Crippen molar-refractivity contribution >= 4 is 16.8 Å². The van der Waals surface area contributed by atoms with E-state index < -0.39 is 23.7 Å². The van der Waals surface area contributed by atoms with Crippen molar-refractivity contribution in [2.75, 3.05) is 13.7 Å². The average Bonchev–Trinajstić information content (AvgIpc) is 2.94. The number of rotatable bonds is 9. The maximum absolute atomic E-state index is 14.0. The zero-order valence-electron chi connectivity index (χ0n) is 22.9. The zero-order valence-corrected chi connectivity index (χ0v) is 22.9. The van der Waals surface area contributed by atoms with Crippen molar-refractivity contribution in [3.8, 4) is 11.4 Å². The summed E-state index contributed by atoms with van der Waals surface area (Å²) in [6, 6.07) is 17.7. The number of amides is 1. The van der Waals surface area contributed by atoms with Gasteiger partial charge in [0.2, 0.25) is 0 Å². The van der Waals surface area contributed by atoms with Crippen molar-refractivity contribution in [1.29, 1.82) is 0 Å². The van der Waals surface area contributed by atoms with Crippen LogP contribution in [0.15, 0.2) is 77.6 Å². The fraction of sp³-hybridized carbons (Fsp3) is 0.323. The number of alkyl halides is 3. The highest BCUT2D eigenvalue weighted by atomic mass is 19.4. The molecule has 6 nitrogen and oxygen atoms in total. The number of para-hydroxylation sites is 3. The normalized spacial score (nSPS) is 12.5. The van der Waals surface area contributed by atoms with Gasteiger partial charge in [0.1, 0.15) is 11.6 Å². The highest BCUT2D eigenvalue weighted by Crippen LogP contribution is 2.33. The summed E-state index contributed by atoms with van der Waals surface area (Å²) >= 11 is 0. The fourth-order valence-electron chi connectivity index (χ4n) is 4.75. The van der Waals surface area contributed by atoms with Crippen LogP contribution in [0.5, 0.6) is 5.75 Å². The first-order valence-electron chi connectivity index (χ1n) is 13.2. The van der Waals surface area contributed by atoms with Crippen molar-refractivity contribution in [3.63, 3.8) is 0 Å². The molecule has 0 N–H and O–H groups in total. The standard InChI is InChI=1S/C31H32F3N3O3/c1-5-25(36(18-17-20(2)3)29(38)21-11-10-12-22(19-21)31(32,33)34)28-35-24-14-7-6-13-23(24)30(39)37(28)26-15-8-9-16-27(26)40-4/h6-16,19-20,25H,5,17-18H2,1-4H3. The summed E-state index contributed by atoms with van der Waals surface area (Å²) in [7, 11) is 1.50. The summed E-state index contributed by atoms with van der Waals surface area (Å²) < 4.78 is 47.5. The molecule has 0 aliphatic heterocycles. The Balaban J connectivity index is 1.96. The molecule has 0 radical (unpaired) electrons. The van der Waals surface area contributed by atoms with E-state index in [0.717, 1.165) is 12.1 Å². The van der Waals surface area contributed by atoms with Crippen molar-refractivity contribution in [2.45, 2.75) is 45.8 Å². The molecule has 0 aliphatic carbocycles. The number of halogens is 3. The van der Waals surface area contributed by atoms with Crippen LogP contribution in [0.25, 0.3) is 16.6 Å². The predicted molar refractivity (Wildman–Crippen MR) is 149 cm³/mol. The second kappa shape index (κ2) is 11.9. The first-order valence-corrected chi connectivity index (χ1v) is 13.2. The van der Waals surface area contributed by atoms with Gasteiger partial charge in [0, 0.05) is 12.1 Å². The van der Waals surface area contributed by atoms with Crippen molar-refractivity contribution in [1.82, 2.24) is 14.5 Å².